The monoisotopic (exact) mass is 368 g/mol. The molecule has 0 bridgehead atoms. The van der Waals surface area contributed by atoms with Gasteiger partial charge in [0.2, 0.25) is 0 Å². The van der Waals surface area contributed by atoms with Crippen LogP contribution in [-0.4, -0.2) is 0 Å². The molecule has 0 aliphatic carbocycles. The van der Waals surface area contributed by atoms with Gasteiger partial charge in [0.1, 0.15) is 0 Å². The predicted octanol–water partition coefficient (Wildman–Crippen LogP) is 4.29. The lowest BCUT2D eigenvalue weighted by atomic mass is 10.1. The van der Waals surface area contributed by atoms with E-state index in [0.717, 1.165) is 36.4 Å². The number of nitrogen functional groups attached to an aromatic ring is 2. The lowest BCUT2D eigenvalue weighted by Gasteiger charge is -2.09. The summed E-state index contributed by atoms with van der Waals surface area (Å²) < 4.78 is 75.5. The van der Waals surface area contributed by atoms with Crippen LogP contribution >= 0.6 is 0 Å². The number of hydrogen-bond acceptors (Lipinski definition) is 2. The van der Waals surface area contributed by atoms with Crippen LogP contribution in [0.25, 0.3) is 0 Å². The molecule has 0 aromatic heterocycles. The summed E-state index contributed by atoms with van der Waals surface area (Å²) in [5.74, 6) is 9.78. The first-order valence-corrected chi connectivity index (χ1v) is 6.94. The Morgan fingerprint density at radius 2 is 0.962 bits per heavy atom. The molecule has 2 aromatic carbocycles. The van der Waals surface area contributed by atoms with E-state index in [9.17, 15) is 26.3 Å². The quantitative estimate of drug-likeness (QED) is 0.414. The molecule has 26 heavy (non-hydrogen) atoms. The number of halogens is 6. The molecule has 0 saturated heterocycles. The number of anilines is 2. The summed E-state index contributed by atoms with van der Waals surface area (Å²) >= 11 is 0. The molecule has 0 fully saturated rings. The predicted molar refractivity (Wildman–Crippen MR) is 85.5 cm³/mol. The molecule has 0 atom stereocenters. The highest BCUT2D eigenvalue weighted by atomic mass is 19.4. The van der Waals surface area contributed by atoms with E-state index in [-0.39, 0.29) is 11.1 Å². The van der Waals surface area contributed by atoms with Crippen molar-refractivity contribution < 1.29 is 26.3 Å². The van der Waals surface area contributed by atoms with Crippen molar-refractivity contribution in [2.75, 3.05) is 11.5 Å². The lowest BCUT2D eigenvalue weighted by molar-refractivity contribution is -0.137. The van der Waals surface area contributed by atoms with Crippen molar-refractivity contribution in [2.24, 2.45) is 0 Å². The Morgan fingerprint density at radius 1 is 0.615 bits per heavy atom. The third-order valence-corrected chi connectivity index (χ3v) is 3.19. The van der Waals surface area contributed by atoms with Crippen LogP contribution < -0.4 is 11.5 Å². The second-order valence-corrected chi connectivity index (χ2v) is 5.10. The van der Waals surface area contributed by atoms with Crippen LogP contribution in [0.2, 0.25) is 0 Å². The molecule has 4 N–H and O–H groups in total. The van der Waals surface area contributed by atoms with Crippen molar-refractivity contribution >= 4 is 11.4 Å². The zero-order valence-corrected chi connectivity index (χ0v) is 12.9. The highest BCUT2D eigenvalue weighted by Crippen LogP contribution is 2.34. The third kappa shape index (κ3) is 4.64. The minimum Gasteiger partial charge on any atom is -0.398 e. The summed E-state index contributed by atoms with van der Waals surface area (Å²) in [5.41, 5.74) is 8.26. The van der Waals surface area contributed by atoms with E-state index in [1.54, 1.807) is 0 Å². The summed E-state index contributed by atoms with van der Waals surface area (Å²) in [6, 6.07) is 6.03. The second-order valence-electron chi connectivity index (χ2n) is 5.10. The average Bonchev–Trinajstić information content (AvgIpc) is 2.49. The average molecular weight is 368 g/mol. The fourth-order valence-electron chi connectivity index (χ4n) is 2.00. The van der Waals surface area contributed by atoms with Crippen molar-refractivity contribution in [1.82, 2.24) is 0 Å². The molecule has 2 rings (SSSR count). The van der Waals surface area contributed by atoms with Crippen molar-refractivity contribution in [2.45, 2.75) is 12.4 Å². The van der Waals surface area contributed by atoms with E-state index in [0.29, 0.717) is 0 Å². The lowest BCUT2D eigenvalue weighted by Crippen LogP contribution is -2.08. The molecule has 0 spiro atoms. The highest BCUT2D eigenvalue weighted by molar-refractivity contribution is 5.57. The zero-order valence-electron chi connectivity index (χ0n) is 12.9. The molecule has 0 saturated carbocycles. The largest absolute Gasteiger partial charge is 0.418 e. The van der Waals surface area contributed by atoms with Gasteiger partial charge in [0.25, 0.3) is 0 Å². The van der Waals surface area contributed by atoms with Gasteiger partial charge in [-0.05, 0) is 48.2 Å². The summed E-state index contributed by atoms with van der Waals surface area (Å²) in [4.78, 5) is 0. The molecule has 0 aliphatic heterocycles. The third-order valence-electron chi connectivity index (χ3n) is 3.19. The van der Waals surface area contributed by atoms with Gasteiger partial charge in [0.05, 0.1) is 11.1 Å². The van der Waals surface area contributed by atoms with E-state index in [4.69, 9.17) is 11.5 Å². The minimum absolute atomic E-state index is 0.219. The number of benzene rings is 2. The molecule has 8 heteroatoms. The molecule has 0 unspecified atom stereocenters. The number of alkyl halides is 6. The molecule has 0 heterocycles. The second kappa shape index (κ2) is 6.93. The van der Waals surface area contributed by atoms with Crippen molar-refractivity contribution in [1.29, 1.82) is 0 Å². The smallest absolute Gasteiger partial charge is 0.398 e. The molecule has 2 aromatic rings. The Kier molecular flexibility index (Phi) is 5.08. The fourth-order valence-corrected chi connectivity index (χ4v) is 2.00. The van der Waals surface area contributed by atoms with Crippen LogP contribution in [0, 0.1) is 23.7 Å². The fraction of sp³-hybridized carbons (Fsp3) is 0.111. The maximum Gasteiger partial charge on any atom is 0.418 e. The van der Waals surface area contributed by atoms with Gasteiger partial charge < -0.3 is 11.5 Å². The Bertz CT molecular complexity index is 871. The van der Waals surface area contributed by atoms with Gasteiger partial charge in [-0.1, -0.05) is 11.8 Å². The van der Waals surface area contributed by atoms with Crippen molar-refractivity contribution in [3.8, 4) is 23.7 Å². The number of nitrogens with two attached hydrogens (primary N) is 2. The van der Waals surface area contributed by atoms with Crippen LogP contribution in [-0.2, 0) is 12.4 Å². The van der Waals surface area contributed by atoms with Crippen molar-refractivity contribution in [3.63, 3.8) is 0 Å². The van der Waals surface area contributed by atoms with E-state index < -0.39 is 34.9 Å². The van der Waals surface area contributed by atoms with Crippen molar-refractivity contribution in [3.05, 3.63) is 58.7 Å². The Hall–Kier alpha value is -3.26. The van der Waals surface area contributed by atoms with Gasteiger partial charge in [-0.3, -0.25) is 0 Å². The summed E-state index contributed by atoms with van der Waals surface area (Å²) in [5, 5.41) is 0. The van der Waals surface area contributed by atoms with Gasteiger partial charge >= 0.3 is 12.4 Å². The number of rotatable bonds is 0. The molecular formula is C18H10F6N2. The standard InChI is InChI=1S/C18H10F6N2/c19-17(20,21)13-7-5-11(9-15(13)25)3-1-2-4-12-6-8-14(16(26)10-12)18(22,23)24/h5-10H,25-26H2. The first-order chi connectivity index (χ1) is 12.0. The van der Waals surface area contributed by atoms with E-state index in [2.05, 4.69) is 23.7 Å². The molecule has 0 aliphatic rings. The number of hydrogen-bond donors (Lipinski definition) is 2. The van der Waals surface area contributed by atoms with Gasteiger partial charge in [-0.15, -0.1) is 0 Å². The first kappa shape index (κ1) is 19.1. The Balaban J connectivity index is 2.20. The Morgan fingerprint density at radius 3 is 1.23 bits per heavy atom. The molecule has 134 valence electrons. The SMILES string of the molecule is Nc1cc(C#CC#Cc2ccc(C(F)(F)F)c(N)c2)ccc1C(F)(F)F. The molecular weight excluding hydrogens is 358 g/mol. The molecule has 0 amide bonds. The van der Waals surface area contributed by atoms with Gasteiger partial charge in [-0.2, -0.15) is 26.3 Å². The van der Waals surface area contributed by atoms with Crippen LogP contribution in [0.1, 0.15) is 22.3 Å². The first-order valence-electron chi connectivity index (χ1n) is 6.94. The summed E-state index contributed by atoms with van der Waals surface area (Å²) in [7, 11) is 0. The normalized spacial score (nSPS) is 11.2. The Labute approximate surface area is 144 Å². The molecule has 2 nitrogen and oxygen atoms in total. The maximum atomic E-state index is 12.6. The zero-order chi connectivity index (χ0) is 19.5. The summed E-state index contributed by atoms with van der Waals surface area (Å²) in [6.07, 6.45) is -9.11. The van der Waals surface area contributed by atoms with Crippen LogP contribution in [0.15, 0.2) is 36.4 Å². The maximum absolute atomic E-state index is 12.6. The van der Waals surface area contributed by atoms with Gasteiger partial charge in [0.15, 0.2) is 0 Å². The van der Waals surface area contributed by atoms with Crippen LogP contribution in [0.4, 0.5) is 37.7 Å². The highest BCUT2D eigenvalue weighted by Gasteiger charge is 2.33. The van der Waals surface area contributed by atoms with Crippen LogP contribution in [0.5, 0.6) is 0 Å². The van der Waals surface area contributed by atoms with Gasteiger partial charge in [0, 0.05) is 22.5 Å². The molecule has 0 radical (unpaired) electrons. The van der Waals surface area contributed by atoms with Crippen LogP contribution in [0.3, 0.4) is 0 Å². The summed E-state index contributed by atoms with van der Waals surface area (Å²) in [6.45, 7) is 0. The van der Waals surface area contributed by atoms with E-state index in [1.165, 1.54) is 0 Å². The minimum atomic E-state index is -4.56. The van der Waals surface area contributed by atoms with E-state index in [1.807, 2.05) is 0 Å². The van der Waals surface area contributed by atoms with Gasteiger partial charge in [-0.25, -0.2) is 0 Å². The van der Waals surface area contributed by atoms with E-state index >= 15 is 0 Å². The topological polar surface area (TPSA) is 52.0 Å².